The molecular formula is C13H10BrCl2NO2S. The van der Waals surface area contributed by atoms with Crippen molar-refractivity contribution in [1.29, 1.82) is 0 Å². The number of anilines is 1. The monoisotopic (exact) mass is 393 g/mol. The van der Waals surface area contributed by atoms with Crippen LogP contribution in [0.2, 0.25) is 10.0 Å². The third kappa shape index (κ3) is 3.47. The summed E-state index contributed by atoms with van der Waals surface area (Å²) >= 11 is 15.2. The molecule has 7 heteroatoms. The lowest BCUT2D eigenvalue weighted by atomic mass is 10.2. The molecule has 0 atom stereocenters. The van der Waals surface area contributed by atoms with Crippen molar-refractivity contribution in [2.75, 3.05) is 4.72 Å². The molecule has 0 radical (unpaired) electrons. The van der Waals surface area contributed by atoms with Crippen molar-refractivity contribution < 1.29 is 8.42 Å². The summed E-state index contributed by atoms with van der Waals surface area (Å²) in [5.41, 5.74) is 1.17. The van der Waals surface area contributed by atoms with E-state index in [1.54, 1.807) is 30.3 Å². The second-order valence-corrected chi connectivity index (χ2v) is 7.04. The first-order valence-corrected chi connectivity index (χ1v) is 8.92. The SMILES string of the molecule is O=S(=O)(Nc1c(Cl)cccc1Cl)c1ccc(CBr)cc1. The van der Waals surface area contributed by atoms with Gasteiger partial charge in [0.05, 0.1) is 20.6 Å². The van der Waals surface area contributed by atoms with E-state index in [1.165, 1.54) is 12.1 Å². The molecule has 0 aromatic heterocycles. The topological polar surface area (TPSA) is 46.2 Å². The minimum Gasteiger partial charge on any atom is -0.277 e. The van der Waals surface area contributed by atoms with Crippen LogP contribution >= 0.6 is 39.1 Å². The van der Waals surface area contributed by atoms with Gasteiger partial charge in [-0.25, -0.2) is 8.42 Å². The molecule has 0 saturated carbocycles. The summed E-state index contributed by atoms with van der Waals surface area (Å²) < 4.78 is 26.9. The number of rotatable bonds is 4. The molecule has 0 bridgehead atoms. The van der Waals surface area contributed by atoms with E-state index in [2.05, 4.69) is 20.7 Å². The van der Waals surface area contributed by atoms with E-state index in [0.29, 0.717) is 5.33 Å². The van der Waals surface area contributed by atoms with E-state index in [0.717, 1.165) is 5.56 Å². The van der Waals surface area contributed by atoms with Gasteiger partial charge >= 0.3 is 0 Å². The fourth-order valence-corrected chi connectivity index (χ4v) is 3.62. The molecule has 0 aliphatic carbocycles. The summed E-state index contributed by atoms with van der Waals surface area (Å²) in [6.45, 7) is 0. The highest BCUT2D eigenvalue weighted by atomic mass is 79.9. The summed E-state index contributed by atoms with van der Waals surface area (Å²) in [5.74, 6) is 0. The molecule has 2 rings (SSSR count). The summed E-state index contributed by atoms with van der Waals surface area (Å²) in [6.07, 6.45) is 0. The normalized spacial score (nSPS) is 11.3. The predicted molar refractivity (Wildman–Crippen MR) is 86.3 cm³/mol. The fourth-order valence-electron chi connectivity index (χ4n) is 1.55. The zero-order valence-electron chi connectivity index (χ0n) is 10.1. The average Bonchev–Trinajstić information content (AvgIpc) is 2.43. The van der Waals surface area contributed by atoms with Gasteiger partial charge in [-0.05, 0) is 29.8 Å². The molecule has 0 saturated heterocycles. The van der Waals surface area contributed by atoms with E-state index < -0.39 is 10.0 Å². The number of para-hydroxylation sites is 1. The van der Waals surface area contributed by atoms with Crippen LogP contribution in [0.3, 0.4) is 0 Å². The standard InChI is InChI=1S/C13H10BrCl2NO2S/c14-8-9-4-6-10(7-5-9)20(18,19)17-13-11(15)2-1-3-12(13)16/h1-7,17H,8H2. The maximum atomic E-state index is 12.3. The van der Waals surface area contributed by atoms with Gasteiger partial charge < -0.3 is 0 Å². The van der Waals surface area contributed by atoms with Crippen LogP contribution in [0.15, 0.2) is 47.4 Å². The van der Waals surface area contributed by atoms with Gasteiger partial charge in [0.25, 0.3) is 10.0 Å². The fraction of sp³-hybridized carbons (Fsp3) is 0.0769. The first kappa shape index (κ1) is 15.6. The van der Waals surface area contributed by atoms with Gasteiger partial charge in [-0.15, -0.1) is 0 Å². The highest BCUT2D eigenvalue weighted by Crippen LogP contribution is 2.31. The molecule has 0 fully saturated rings. The molecule has 0 spiro atoms. The molecule has 20 heavy (non-hydrogen) atoms. The summed E-state index contributed by atoms with van der Waals surface area (Å²) in [4.78, 5) is 0.151. The lowest BCUT2D eigenvalue weighted by Crippen LogP contribution is -2.13. The molecule has 0 heterocycles. The molecule has 3 nitrogen and oxygen atoms in total. The number of hydrogen-bond donors (Lipinski definition) is 1. The Morgan fingerprint density at radius 3 is 2.05 bits per heavy atom. The summed E-state index contributed by atoms with van der Waals surface area (Å²) in [6, 6.07) is 11.3. The van der Waals surface area contributed by atoms with Crippen LogP contribution in [-0.2, 0) is 15.4 Å². The Hall–Kier alpha value is -0.750. The molecule has 1 N–H and O–H groups in total. The van der Waals surface area contributed by atoms with Gasteiger partial charge in [0.1, 0.15) is 0 Å². The maximum Gasteiger partial charge on any atom is 0.261 e. The van der Waals surface area contributed by atoms with Crippen LogP contribution in [0.5, 0.6) is 0 Å². The van der Waals surface area contributed by atoms with Gasteiger partial charge in [-0.3, -0.25) is 4.72 Å². The lowest BCUT2D eigenvalue weighted by Gasteiger charge is -2.11. The third-order valence-electron chi connectivity index (χ3n) is 2.59. The quantitative estimate of drug-likeness (QED) is 0.764. The van der Waals surface area contributed by atoms with E-state index >= 15 is 0 Å². The van der Waals surface area contributed by atoms with Crippen molar-refractivity contribution in [2.45, 2.75) is 10.2 Å². The highest BCUT2D eigenvalue weighted by molar-refractivity contribution is 9.08. The van der Waals surface area contributed by atoms with Crippen LogP contribution in [0.4, 0.5) is 5.69 Å². The first-order chi connectivity index (χ1) is 9.44. The van der Waals surface area contributed by atoms with Gasteiger partial charge in [-0.1, -0.05) is 57.3 Å². The molecular weight excluding hydrogens is 385 g/mol. The second kappa shape index (κ2) is 6.35. The molecule has 2 aromatic carbocycles. The molecule has 2 aromatic rings. The van der Waals surface area contributed by atoms with Gasteiger partial charge in [0.2, 0.25) is 0 Å². The van der Waals surface area contributed by atoms with E-state index in [4.69, 9.17) is 23.2 Å². The number of halogens is 3. The number of benzene rings is 2. The van der Waals surface area contributed by atoms with Gasteiger partial charge in [0.15, 0.2) is 0 Å². The Balaban J connectivity index is 2.35. The lowest BCUT2D eigenvalue weighted by molar-refractivity contribution is 0.601. The van der Waals surface area contributed by atoms with Crippen molar-refractivity contribution in [3.63, 3.8) is 0 Å². The maximum absolute atomic E-state index is 12.3. The Bertz CT molecular complexity index is 697. The smallest absolute Gasteiger partial charge is 0.261 e. The number of sulfonamides is 1. The molecule has 0 amide bonds. The molecule has 0 aliphatic rings. The zero-order valence-corrected chi connectivity index (χ0v) is 14.0. The van der Waals surface area contributed by atoms with E-state index in [-0.39, 0.29) is 20.6 Å². The van der Waals surface area contributed by atoms with Crippen LogP contribution in [-0.4, -0.2) is 8.42 Å². The number of hydrogen-bond acceptors (Lipinski definition) is 2. The first-order valence-electron chi connectivity index (χ1n) is 5.56. The van der Waals surface area contributed by atoms with E-state index in [1.807, 2.05) is 0 Å². The van der Waals surface area contributed by atoms with Crippen LogP contribution in [0.1, 0.15) is 5.56 Å². The minimum atomic E-state index is -3.72. The average molecular weight is 395 g/mol. The van der Waals surface area contributed by atoms with Crippen molar-refractivity contribution in [2.24, 2.45) is 0 Å². The third-order valence-corrected chi connectivity index (χ3v) is 5.23. The van der Waals surface area contributed by atoms with Crippen molar-refractivity contribution >= 4 is 54.8 Å². The van der Waals surface area contributed by atoms with Crippen molar-refractivity contribution in [3.8, 4) is 0 Å². The summed E-state index contributed by atoms with van der Waals surface area (Å²) in [5, 5.41) is 1.16. The summed E-state index contributed by atoms with van der Waals surface area (Å²) in [7, 11) is -3.72. The number of alkyl halides is 1. The van der Waals surface area contributed by atoms with Gasteiger partial charge in [0, 0.05) is 5.33 Å². The Labute approximate surface area is 136 Å². The minimum absolute atomic E-state index is 0.151. The molecule has 106 valence electrons. The van der Waals surface area contributed by atoms with Crippen LogP contribution < -0.4 is 4.72 Å². The van der Waals surface area contributed by atoms with Crippen LogP contribution in [0, 0.1) is 0 Å². The predicted octanol–water partition coefficient (Wildman–Crippen LogP) is 4.69. The Morgan fingerprint density at radius 1 is 1.00 bits per heavy atom. The highest BCUT2D eigenvalue weighted by Gasteiger charge is 2.17. The second-order valence-electron chi connectivity index (χ2n) is 3.98. The van der Waals surface area contributed by atoms with Gasteiger partial charge in [-0.2, -0.15) is 0 Å². The zero-order chi connectivity index (χ0) is 14.8. The number of nitrogens with one attached hydrogen (secondary N) is 1. The Kier molecular flexibility index (Phi) is 4.96. The van der Waals surface area contributed by atoms with Crippen molar-refractivity contribution in [1.82, 2.24) is 0 Å². The molecule has 0 unspecified atom stereocenters. The van der Waals surface area contributed by atoms with E-state index in [9.17, 15) is 8.42 Å². The molecule has 0 aliphatic heterocycles. The van der Waals surface area contributed by atoms with Crippen LogP contribution in [0.25, 0.3) is 0 Å². The Morgan fingerprint density at radius 2 is 1.55 bits per heavy atom. The largest absolute Gasteiger partial charge is 0.277 e. The van der Waals surface area contributed by atoms with Crippen molar-refractivity contribution in [3.05, 3.63) is 58.1 Å².